The minimum atomic E-state index is -0.165. The van der Waals surface area contributed by atoms with Gasteiger partial charge in [0.05, 0.1) is 6.10 Å². The Balaban J connectivity index is 2.06. The van der Waals surface area contributed by atoms with Crippen LogP contribution in [0.25, 0.3) is 0 Å². The highest BCUT2D eigenvalue weighted by Crippen LogP contribution is 2.51. The normalized spacial score (nSPS) is 21.9. The molecule has 1 rings (SSSR count). The summed E-state index contributed by atoms with van der Waals surface area (Å²) in [5.74, 6) is 0.798. The van der Waals surface area contributed by atoms with Gasteiger partial charge in [-0.2, -0.15) is 0 Å². The first kappa shape index (κ1) is 11.0. The quantitative estimate of drug-likeness (QED) is 0.618. The van der Waals surface area contributed by atoms with E-state index in [-0.39, 0.29) is 6.10 Å². The van der Waals surface area contributed by atoms with Gasteiger partial charge in [0.15, 0.2) is 0 Å². The predicted octanol–water partition coefficient (Wildman–Crippen LogP) is 1.78. The minimum Gasteiger partial charge on any atom is -0.393 e. The Kier molecular flexibility index (Phi) is 3.74. The Bertz CT molecular complexity index is 150. The Labute approximate surface area is 81.7 Å². The molecule has 1 fully saturated rings. The summed E-state index contributed by atoms with van der Waals surface area (Å²) in [7, 11) is 0. The molecule has 1 aliphatic carbocycles. The van der Waals surface area contributed by atoms with Crippen molar-refractivity contribution >= 4 is 0 Å². The van der Waals surface area contributed by atoms with Crippen molar-refractivity contribution in [1.82, 2.24) is 5.32 Å². The molecule has 1 saturated carbocycles. The van der Waals surface area contributed by atoms with E-state index in [4.69, 9.17) is 5.11 Å². The zero-order chi connectivity index (χ0) is 9.90. The van der Waals surface area contributed by atoms with E-state index in [1.165, 1.54) is 12.8 Å². The maximum atomic E-state index is 9.07. The highest BCUT2D eigenvalue weighted by atomic mass is 16.3. The van der Waals surface area contributed by atoms with Gasteiger partial charge in [-0.1, -0.05) is 13.8 Å². The molecule has 0 aliphatic heterocycles. The Hall–Kier alpha value is -0.0800. The average Bonchev–Trinajstić information content (AvgIpc) is 2.78. The van der Waals surface area contributed by atoms with Gasteiger partial charge in [-0.15, -0.1) is 0 Å². The fourth-order valence-corrected chi connectivity index (χ4v) is 1.77. The summed E-state index contributed by atoms with van der Waals surface area (Å²) in [6.07, 6.45) is 3.47. The lowest BCUT2D eigenvalue weighted by molar-refractivity contribution is 0.182. The van der Waals surface area contributed by atoms with Crippen molar-refractivity contribution in [2.24, 2.45) is 11.3 Å². The van der Waals surface area contributed by atoms with Crippen LogP contribution in [-0.4, -0.2) is 24.3 Å². The molecule has 0 bridgehead atoms. The lowest BCUT2D eigenvalue weighted by atomic mass is 9.92. The van der Waals surface area contributed by atoms with Crippen molar-refractivity contribution in [3.63, 3.8) is 0 Å². The number of aliphatic hydroxyl groups excluding tert-OH is 1. The largest absolute Gasteiger partial charge is 0.393 e. The summed E-state index contributed by atoms with van der Waals surface area (Å²) in [6.45, 7) is 8.55. The first-order valence-corrected chi connectivity index (χ1v) is 5.45. The van der Waals surface area contributed by atoms with Gasteiger partial charge < -0.3 is 10.4 Å². The molecular weight excluding hydrogens is 162 g/mol. The van der Waals surface area contributed by atoms with Crippen molar-refractivity contribution in [3.05, 3.63) is 0 Å². The highest BCUT2D eigenvalue weighted by Gasteiger charge is 2.44. The number of hydrogen-bond acceptors (Lipinski definition) is 2. The Morgan fingerprint density at radius 1 is 1.31 bits per heavy atom. The van der Waals surface area contributed by atoms with E-state index >= 15 is 0 Å². The lowest BCUT2D eigenvalue weighted by Gasteiger charge is -2.20. The first-order valence-electron chi connectivity index (χ1n) is 5.45. The van der Waals surface area contributed by atoms with E-state index in [0.717, 1.165) is 25.4 Å². The summed E-state index contributed by atoms with van der Waals surface area (Å²) in [5, 5.41) is 12.5. The van der Waals surface area contributed by atoms with Crippen LogP contribution in [0.15, 0.2) is 0 Å². The van der Waals surface area contributed by atoms with Crippen LogP contribution in [0, 0.1) is 11.3 Å². The maximum absolute atomic E-state index is 9.07. The molecule has 1 atom stereocenters. The number of hydrogen-bond donors (Lipinski definition) is 2. The lowest BCUT2D eigenvalue weighted by Crippen LogP contribution is -2.29. The molecule has 13 heavy (non-hydrogen) atoms. The van der Waals surface area contributed by atoms with Gasteiger partial charge in [-0.25, -0.2) is 0 Å². The molecule has 0 amide bonds. The fraction of sp³-hybridized carbons (Fsp3) is 1.00. The molecule has 0 saturated heterocycles. The van der Waals surface area contributed by atoms with Crippen molar-refractivity contribution in [2.45, 2.75) is 46.1 Å². The van der Waals surface area contributed by atoms with Crippen LogP contribution in [0.5, 0.6) is 0 Å². The van der Waals surface area contributed by atoms with Gasteiger partial charge in [0.2, 0.25) is 0 Å². The summed E-state index contributed by atoms with van der Waals surface area (Å²) in [5.41, 5.74) is 0.596. The molecular formula is C11H23NO. The zero-order valence-corrected chi connectivity index (χ0v) is 9.14. The monoisotopic (exact) mass is 185 g/mol. The molecule has 0 heterocycles. The third-order valence-corrected chi connectivity index (χ3v) is 3.33. The van der Waals surface area contributed by atoms with Crippen LogP contribution in [0.4, 0.5) is 0 Å². The zero-order valence-electron chi connectivity index (χ0n) is 9.14. The van der Waals surface area contributed by atoms with E-state index in [1.54, 1.807) is 0 Å². The third kappa shape index (κ3) is 3.28. The molecule has 2 heteroatoms. The maximum Gasteiger partial charge on any atom is 0.0524 e. The fourth-order valence-electron chi connectivity index (χ4n) is 1.77. The van der Waals surface area contributed by atoms with Gasteiger partial charge in [-0.05, 0) is 44.1 Å². The van der Waals surface area contributed by atoms with E-state index < -0.39 is 0 Å². The van der Waals surface area contributed by atoms with Crippen LogP contribution in [-0.2, 0) is 0 Å². The Morgan fingerprint density at radius 3 is 2.31 bits per heavy atom. The molecule has 2 N–H and O–H groups in total. The topological polar surface area (TPSA) is 32.3 Å². The Morgan fingerprint density at radius 2 is 1.92 bits per heavy atom. The second-order valence-electron chi connectivity index (χ2n) is 4.83. The SMILES string of the molecule is CC(O)CCNCC1(C(C)C)CC1. The van der Waals surface area contributed by atoms with E-state index in [9.17, 15) is 0 Å². The summed E-state index contributed by atoms with van der Waals surface area (Å²) in [4.78, 5) is 0. The number of rotatable bonds is 6. The molecule has 78 valence electrons. The average molecular weight is 185 g/mol. The van der Waals surface area contributed by atoms with E-state index in [2.05, 4.69) is 19.2 Å². The molecule has 0 aromatic rings. The van der Waals surface area contributed by atoms with Crippen molar-refractivity contribution in [3.8, 4) is 0 Å². The van der Waals surface area contributed by atoms with Crippen LogP contribution in [0.3, 0.4) is 0 Å². The molecule has 0 radical (unpaired) electrons. The van der Waals surface area contributed by atoms with Gasteiger partial charge >= 0.3 is 0 Å². The summed E-state index contributed by atoms with van der Waals surface area (Å²) in [6, 6.07) is 0. The van der Waals surface area contributed by atoms with Gasteiger partial charge in [0.1, 0.15) is 0 Å². The van der Waals surface area contributed by atoms with Crippen molar-refractivity contribution < 1.29 is 5.11 Å². The van der Waals surface area contributed by atoms with Gasteiger partial charge in [0.25, 0.3) is 0 Å². The number of aliphatic hydroxyl groups is 1. The van der Waals surface area contributed by atoms with E-state index in [0.29, 0.717) is 5.41 Å². The molecule has 1 aliphatic rings. The van der Waals surface area contributed by atoms with Crippen LogP contribution in [0.1, 0.15) is 40.0 Å². The van der Waals surface area contributed by atoms with Crippen LogP contribution >= 0.6 is 0 Å². The summed E-state index contributed by atoms with van der Waals surface area (Å²) < 4.78 is 0. The third-order valence-electron chi connectivity index (χ3n) is 3.33. The molecule has 2 nitrogen and oxygen atoms in total. The second kappa shape index (κ2) is 4.43. The molecule has 0 spiro atoms. The predicted molar refractivity (Wildman–Crippen MR) is 55.7 cm³/mol. The van der Waals surface area contributed by atoms with Crippen LogP contribution < -0.4 is 5.32 Å². The van der Waals surface area contributed by atoms with Crippen LogP contribution in [0.2, 0.25) is 0 Å². The second-order valence-corrected chi connectivity index (χ2v) is 4.83. The highest BCUT2D eigenvalue weighted by molar-refractivity contribution is 4.96. The first-order chi connectivity index (χ1) is 6.07. The van der Waals surface area contributed by atoms with Gasteiger partial charge in [0, 0.05) is 6.54 Å². The minimum absolute atomic E-state index is 0.165. The number of nitrogens with one attached hydrogen (secondary N) is 1. The van der Waals surface area contributed by atoms with Crippen molar-refractivity contribution in [1.29, 1.82) is 0 Å². The molecule has 0 aromatic carbocycles. The van der Waals surface area contributed by atoms with E-state index in [1.807, 2.05) is 6.92 Å². The van der Waals surface area contributed by atoms with Gasteiger partial charge in [-0.3, -0.25) is 0 Å². The van der Waals surface area contributed by atoms with Crippen molar-refractivity contribution in [2.75, 3.05) is 13.1 Å². The molecule has 0 aromatic heterocycles. The standard InChI is InChI=1S/C11H23NO/c1-9(2)11(5-6-11)8-12-7-4-10(3)13/h9-10,12-13H,4-8H2,1-3H3. The summed E-state index contributed by atoms with van der Waals surface area (Å²) >= 11 is 0. The molecule has 1 unspecified atom stereocenters. The smallest absolute Gasteiger partial charge is 0.0524 e.